The fourth-order valence-corrected chi connectivity index (χ4v) is 4.80. The van der Waals surface area contributed by atoms with Crippen molar-refractivity contribution in [1.82, 2.24) is 9.47 Å². The molecule has 0 radical (unpaired) electrons. The number of amides is 1. The van der Waals surface area contributed by atoms with Crippen LogP contribution in [0.3, 0.4) is 0 Å². The summed E-state index contributed by atoms with van der Waals surface area (Å²) in [6.07, 6.45) is 1.47. The van der Waals surface area contributed by atoms with Crippen molar-refractivity contribution in [2.45, 2.75) is 45.4 Å². The quantitative estimate of drug-likeness (QED) is 0.421. The first-order chi connectivity index (χ1) is 17.0. The molecule has 0 N–H and O–H groups in total. The largest absolute Gasteiger partial charge is 0.465 e. The summed E-state index contributed by atoms with van der Waals surface area (Å²) in [5, 5.41) is 0.762. The number of esters is 1. The number of hydrogen-bond donors (Lipinski definition) is 0. The first kappa shape index (κ1) is 24.7. The summed E-state index contributed by atoms with van der Waals surface area (Å²) >= 11 is 0. The second-order valence-electron chi connectivity index (χ2n) is 8.60. The monoisotopic (exact) mass is 482 g/mol. The van der Waals surface area contributed by atoms with Gasteiger partial charge < -0.3 is 23.7 Å². The van der Waals surface area contributed by atoms with Gasteiger partial charge in [-0.15, -0.1) is 0 Å². The first-order valence-electron chi connectivity index (χ1n) is 11.9. The molecular formula is C27H31FN2O5. The number of hydrogen-bond acceptors (Lipinski definition) is 5. The van der Waals surface area contributed by atoms with Crippen molar-refractivity contribution in [3.8, 4) is 0 Å². The summed E-state index contributed by atoms with van der Waals surface area (Å²) < 4.78 is 32.2. The average molecular weight is 483 g/mol. The molecule has 1 heterocycles. The SMILES string of the molecule is CCOC(=O)Cn1c2c(c3cc(F)ccc31)C[C@@H](N(CCOC)C(=O)OCc1ccccc1)CC2. The predicted octanol–water partition coefficient (Wildman–Crippen LogP) is 4.49. The predicted molar refractivity (Wildman–Crippen MR) is 130 cm³/mol. The number of aromatic nitrogens is 1. The zero-order chi connectivity index (χ0) is 24.8. The Morgan fingerprint density at radius 3 is 2.69 bits per heavy atom. The van der Waals surface area contributed by atoms with Gasteiger partial charge in [0, 0.05) is 36.3 Å². The van der Waals surface area contributed by atoms with E-state index in [2.05, 4.69) is 0 Å². The van der Waals surface area contributed by atoms with Crippen molar-refractivity contribution in [2.75, 3.05) is 26.9 Å². The maximum atomic E-state index is 14.2. The highest BCUT2D eigenvalue weighted by atomic mass is 19.1. The Kier molecular flexibility index (Phi) is 8.02. The first-order valence-corrected chi connectivity index (χ1v) is 11.9. The number of ether oxygens (including phenoxy) is 3. The van der Waals surface area contributed by atoms with E-state index in [-0.39, 0.29) is 31.0 Å². The van der Waals surface area contributed by atoms with Crippen LogP contribution in [0.15, 0.2) is 48.5 Å². The highest BCUT2D eigenvalue weighted by Gasteiger charge is 2.32. The molecule has 0 saturated carbocycles. The normalized spacial score (nSPS) is 15.0. The number of halogens is 1. The lowest BCUT2D eigenvalue weighted by molar-refractivity contribution is -0.143. The molecule has 4 rings (SSSR count). The van der Waals surface area contributed by atoms with E-state index in [1.807, 2.05) is 34.9 Å². The maximum absolute atomic E-state index is 14.2. The van der Waals surface area contributed by atoms with Gasteiger partial charge in [0.25, 0.3) is 0 Å². The molecule has 1 amide bonds. The second-order valence-corrected chi connectivity index (χ2v) is 8.60. The number of benzene rings is 2. The van der Waals surface area contributed by atoms with Gasteiger partial charge >= 0.3 is 12.1 Å². The molecule has 8 heteroatoms. The van der Waals surface area contributed by atoms with E-state index >= 15 is 0 Å². The summed E-state index contributed by atoms with van der Waals surface area (Å²) in [7, 11) is 1.60. The van der Waals surface area contributed by atoms with Gasteiger partial charge in [-0.25, -0.2) is 9.18 Å². The highest BCUT2D eigenvalue weighted by molar-refractivity contribution is 5.87. The van der Waals surface area contributed by atoms with Crippen molar-refractivity contribution >= 4 is 23.0 Å². The van der Waals surface area contributed by atoms with Crippen LogP contribution in [0.25, 0.3) is 10.9 Å². The molecular weight excluding hydrogens is 451 g/mol. The minimum absolute atomic E-state index is 0.0719. The topological polar surface area (TPSA) is 70.0 Å². The van der Waals surface area contributed by atoms with Crippen LogP contribution in [0.1, 0.15) is 30.2 Å². The van der Waals surface area contributed by atoms with E-state index in [9.17, 15) is 14.0 Å². The standard InChI is InChI=1S/C27H31FN2O5/c1-3-34-26(31)17-30-24-11-9-20(28)15-22(24)23-16-21(10-12-25(23)30)29(13-14-33-2)27(32)35-18-19-7-5-4-6-8-19/h4-9,11,15,21H,3,10,12-14,16-18H2,1-2H3/t21-/m0/s1. The zero-order valence-corrected chi connectivity index (χ0v) is 20.2. The Balaban J connectivity index is 1.59. The molecule has 0 aliphatic heterocycles. The van der Waals surface area contributed by atoms with Gasteiger partial charge in [-0.1, -0.05) is 30.3 Å². The minimum atomic E-state index is -0.402. The Labute approximate surface area is 204 Å². The lowest BCUT2D eigenvalue weighted by atomic mass is 9.90. The van der Waals surface area contributed by atoms with Crippen LogP contribution in [0.5, 0.6) is 0 Å². The molecule has 1 aromatic heterocycles. The van der Waals surface area contributed by atoms with Gasteiger partial charge in [0.05, 0.1) is 13.2 Å². The van der Waals surface area contributed by atoms with Crippen LogP contribution >= 0.6 is 0 Å². The molecule has 0 bridgehead atoms. The molecule has 0 saturated heterocycles. The fraction of sp³-hybridized carbons (Fsp3) is 0.407. The summed E-state index contributed by atoms with van der Waals surface area (Å²) in [5.41, 5.74) is 3.65. The van der Waals surface area contributed by atoms with Crippen LogP contribution in [0.2, 0.25) is 0 Å². The molecule has 0 spiro atoms. The second kappa shape index (κ2) is 11.4. The molecule has 0 fully saturated rings. The Hall–Kier alpha value is -3.39. The summed E-state index contributed by atoms with van der Waals surface area (Å²) in [6.45, 7) is 3.10. The van der Waals surface area contributed by atoms with Crippen molar-refractivity contribution in [3.63, 3.8) is 0 Å². The van der Waals surface area contributed by atoms with Crippen LogP contribution in [-0.4, -0.2) is 54.4 Å². The number of carbonyl (C=O) groups excluding carboxylic acids is 2. The van der Waals surface area contributed by atoms with Gasteiger partial charge in [0.2, 0.25) is 0 Å². The lowest BCUT2D eigenvalue weighted by Crippen LogP contribution is -2.45. The smallest absolute Gasteiger partial charge is 0.410 e. The number of nitrogens with zero attached hydrogens (tertiary/aromatic N) is 2. The van der Waals surface area contributed by atoms with E-state index in [0.717, 1.165) is 27.7 Å². The number of fused-ring (bicyclic) bond motifs is 3. The van der Waals surface area contributed by atoms with E-state index < -0.39 is 6.09 Å². The van der Waals surface area contributed by atoms with Gasteiger partial charge in [-0.05, 0) is 55.5 Å². The number of carbonyl (C=O) groups is 2. The molecule has 1 aliphatic carbocycles. The fourth-order valence-electron chi connectivity index (χ4n) is 4.80. The Bertz CT molecular complexity index is 1180. The van der Waals surface area contributed by atoms with E-state index in [1.54, 1.807) is 25.0 Å². The van der Waals surface area contributed by atoms with Gasteiger partial charge in [-0.3, -0.25) is 4.79 Å². The zero-order valence-electron chi connectivity index (χ0n) is 20.2. The summed E-state index contributed by atoms with van der Waals surface area (Å²) in [4.78, 5) is 27.1. The van der Waals surface area contributed by atoms with Crippen LogP contribution in [0.4, 0.5) is 9.18 Å². The maximum Gasteiger partial charge on any atom is 0.410 e. The molecule has 1 aliphatic rings. The lowest BCUT2D eigenvalue weighted by Gasteiger charge is -2.34. The Morgan fingerprint density at radius 1 is 1.14 bits per heavy atom. The number of rotatable bonds is 9. The third kappa shape index (κ3) is 5.65. The molecule has 3 aromatic rings. The van der Waals surface area contributed by atoms with Gasteiger partial charge in [-0.2, -0.15) is 0 Å². The summed E-state index contributed by atoms with van der Waals surface area (Å²) in [6, 6.07) is 14.0. The van der Waals surface area contributed by atoms with Gasteiger partial charge in [0.1, 0.15) is 19.0 Å². The van der Waals surface area contributed by atoms with Crippen LogP contribution in [-0.2, 0) is 45.0 Å². The average Bonchev–Trinajstić information content (AvgIpc) is 3.15. The summed E-state index contributed by atoms with van der Waals surface area (Å²) in [5.74, 6) is -0.668. The third-order valence-corrected chi connectivity index (χ3v) is 6.41. The van der Waals surface area contributed by atoms with E-state index in [0.29, 0.717) is 39.0 Å². The van der Waals surface area contributed by atoms with Crippen molar-refractivity contribution in [3.05, 3.63) is 71.2 Å². The molecule has 0 unspecified atom stereocenters. The highest BCUT2D eigenvalue weighted by Crippen LogP contribution is 2.34. The van der Waals surface area contributed by atoms with Crippen LogP contribution in [0, 0.1) is 5.82 Å². The van der Waals surface area contributed by atoms with Gasteiger partial charge in [0.15, 0.2) is 0 Å². The molecule has 186 valence electrons. The molecule has 7 nitrogen and oxygen atoms in total. The van der Waals surface area contributed by atoms with E-state index in [4.69, 9.17) is 14.2 Å². The van der Waals surface area contributed by atoms with Crippen molar-refractivity contribution in [2.24, 2.45) is 0 Å². The molecule has 2 aromatic carbocycles. The number of methoxy groups -OCH3 is 1. The Morgan fingerprint density at radius 2 is 1.94 bits per heavy atom. The van der Waals surface area contributed by atoms with Crippen molar-refractivity contribution < 1.29 is 28.2 Å². The van der Waals surface area contributed by atoms with Crippen molar-refractivity contribution in [1.29, 1.82) is 0 Å². The van der Waals surface area contributed by atoms with E-state index in [1.165, 1.54) is 12.1 Å². The minimum Gasteiger partial charge on any atom is -0.465 e. The van der Waals surface area contributed by atoms with Crippen LogP contribution < -0.4 is 0 Å². The third-order valence-electron chi connectivity index (χ3n) is 6.41. The molecule has 1 atom stereocenters. The molecule has 35 heavy (non-hydrogen) atoms.